The number of carbonyl (C=O) groups is 2. The summed E-state index contributed by atoms with van der Waals surface area (Å²) >= 11 is 12.5. The van der Waals surface area contributed by atoms with Crippen LogP contribution in [0.15, 0.2) is 65.0 Å². The Labute approximate surface area is 237 Å². The maximum absolute atomic E-state index is 14.9. The molecule has 0 amide bonds. The second-order valence-electron chi connectivity index (χ2n) is 9.30. The molecule has 2 N–H and O–H groups in total. The first-order chi connectivity index (χ1) is 19.1. The number of ketones is 1. The molecule has 1 aliphatic rings. The Balaban J connectivity index is 1.70. The zero-order chi connectivity index (χ0) is 28.7. The molecule has 1 aliphatic carbocycles. The first kappa shape index (κ1) is 27.4. The fourth-order valence-corrected chi connectivity index (χ4v) is 4.81. The van der Waals surface area contributed by atoms with E-state index in [2.05, 4.69) is 21.7 Å². The maximum atomic E-state index is 14.9. The number of nitrogens with zero attached hydrogens (tertiary/aromatic N) is 4. The van der Waals surface area contributed by atoms with Crippen LogP contribution in [0.1, 0.15) is 51.6 Å². The van der Waals surface area contributed by atoms with Crippen molar-refractivity contribution < 1.29 is 18.4 Å². The SMILES string of the molecule is C=N/C(=N\C=C(/C)c1cnc2c(c1)c(C(=O)c1c(F)ccc(N)c1F)cn2C(=O)c1c(Cl)cccc1Cl)C1CC1. The van der Waals surface area contributed by atoms with Crippen molar-refractivity contribution in [3.05, 3.63) is 98.9 Å². The Hall–Kier alpha value is -4.21. The molecule has 0 aliphatic heterocycles. The molecule has 2 heterocycles. The normalized spacial score (nSPS) is 14.0. The van der Waals surface area contributed by atoms with E-state index < -0.39 is 34.6 Å². The number of hydrogen-bond acceptors (Lipinski definition) is 5. The number of carbonyl (C=O) groups excluding carboxylic acids is 2. The highest BCUT2D eigenvalue weighted by Crippen LogP contribution is 2.33. The minimum atomic E-state index is -1.20. The lowest BCUT2D eigenvalue weighted by Gasteiger charge is -2.08. The number of nitrogens with two attached hydrogens (primary N) is 1. The van der Waals surface area contributed by atoms with E-state index in [0.29, 0.717) is 17.0 Å². The Bertz CT molecular complexity index is 1770. The van der Waals surface area contributed by atoms with Crippen molar-refractivity contribution in [3.8, 4) is 0 Å². The Morgan fingerprint density at radius 3 is 2.50 bits per heavy atom. The van der Waals surface area contributed by atoms with Gasteiger partial charge in [0, 0.05) is 29.9 Å². The maximum Gasteiger partial charge on any atom is 0.266 e. The topological polar surface area (TPSA) is 103 Å². The molecule has 2 aromatic carbocycles. The molecule has 11 heteroatoms. The van der Waals surface area contributed by atoms with E-state index in [1.807, 2.05) is 0 Å². The molecule has 5 rings (SSSR count). The first-order valence-electron chi connectivity index (χ1n) is 12.1. The molecule has 40 heavy (non-hydrogen) atoms. The molecule has 202 valence electrons. The van der Waals surface area contributed by atoms with E-state index >= 15 is 0 Å². The zero-order valence-electron chi connectivity index (χ0n) is 21.1. The number of fused-ring (bicyclic) bond motifs is 1. The highest BCUT2D eigenvalue weighted by molar-refractivity contribution is 6.40. The molecule has 0 unspecified atom stereocenters. The van der Waals surface area contributed by atoms with Gasteiger partial charge in [-0.05, 0) is 68.0 Å². The van der Waals surface area contributed by atoms with E-state index in [4.69, 9.17) is 28.9 Å². The molecule has 0 radical (unpaired) electrons. The van der Waals surface area contributed by atoms with Gasteiger partial charge in [-0.15, -0.1) is 0 Å². The van der Waals surface area contributed by atoms with Gasteiger partial charge >= 0.3 is 0 Å². The van der Waals surface area contributed by atoms with Crippen LogP contribution < -0.4 is 5.73 Å². The van der Waals surface area contributed by atoms with E-state index in [0.717, 1.165) is 35.7 Å². The van der Waals surface area contributed by atoms with Crippen LogP contribution in [0.4, 0.5) is 14.5 Å². The molecule has 0 atom stereocenters. The summed E-state index contributed by atoms with van der Waals surface area (Å²) in [5, 5.41) is 0.327. The monoisotopic (exact) mass is 579 g/mol. The number of aromatic nitrogens is 2. The first-order valence-corrected chi connectivity index (χ1v) is 12.9. The summed E-state index contributed by atoms with van der Waals surface area (Å²) in [6.07, 6.45) is 6.26. The highest BCUT2D eigenvalue weighted by Gasteiger charge is 2.28. The van der Waals surface area contributed by atoms with Gasteiger partial charge in [-0.1, -0.05) is 29.3 Å². The van der Waals surface area contributed by atoms with E-state index in [-0.39, 0.29) is 38.1 Å². The van der Waals surface area contributed by atoms with Gasteiger partial charge in [0.05, 0.1) is 32.4 Å². The van der Waals surface area contributed by atoms with Crippen molar-refractivity contribution in [1.29, 1.82) is 0 Å². The van der Waals surface area contributed by atoms with E-state index in [9.17, 15) is 18.4 Å². The second kappa shape index (κ2) is 10.7. The molecule has 0 saturated heterocycles. The lowest BCUT2D eigenvalue weighted by atomic mass is 10.00. The van der Waals surface area contributed by atoms with Crippen LogP contribution in [0.5, 0.6) is 0 Å². The zero-order valence-corrected chi connectivity index (χ0v) is 22.6. The van der Waals surface area contributed by atoms with Crippen LogP contribution in [0.2, 0.25) is 10.0 Å². The van der Waals surface area contributed by atoms with Crippen molar-refractivity contribution >= 4 is 69.7 Å². The fourth-order valence-electron chi connectivity index (χ4n) is 4.25. The van der Waals surface area contributed by atoms with Gasteiger partial charge in [-0.3, -0.25) is 14.2 Å². The fraction of sp³-hybridized carbons (Fsp3) is 0.138. The van der Waals surface area contributed by atoms with Crippen LogP contribution in [0.25, 0.3) is 16.6 Å². The molecule has 1 fully saturated rings. The summed E-state index contributed by atoms with van der Waals surface area (Å²) in [4.78, 5) is 40.0. The molecule has 7 nitrogen and oxygen atoms in total. The number of pyridine rings is 1. The molecule has 4 aromatic rings. The summed E-state index contributed by atoms with van der Waals surface area (Å²) in [7, 11) is 0. The summed E-state index contributed by atoms with van der Waals surface area (Å²) in [5.41, 5.74) is 5.45. The van der Waals surface area contributed by atoms with Gasteiger partial charge in [-0.2, -0.15) is 0 Å². The highest BCUT2D eigenvalue weighted by atomic mass is 35.5. The van der Waals surface area contributed by atoms with Crippen LogP contribution in [-0.2, 0) is 0 Å². The van der Waals surface area contributed by atoms with Crippen LogP contribution in [-0.4, -0.2) is 33.8 Å². The standard InChI is InChI=1S/C29H21Cl2F2N5O2/c1-14(11-36-27(35-2)15-6-7-15)16-10-17-18(26(39)24-21(32)8-9-22(34)25(24)33)13-38(28(17)37-12-16)29(40)23-19(30)4-3-5-20(23)31/h3-5,8-13,15H,2,6-7,34H2,1H3/b14-11+,36-27-. The Morgan fingerprint density at radius 2 is 1.85 bits per heavy atom. The minimum Gasteiger partial charge on any atom is -0.396 e. The predicted octanol–water partition coefficient (Wildman–Crippen LogP) is 6.99. The van der Waals surface area contributed by atoms with Crippen LogP contribution in [0, 0.1) is 17.6 Å². The number of benzene rings is 2. The largest absolute Gasteiger partial charge is 0.396 e. The summed E-state index contributed by atoms with van der Waals surface area (Å²) in [5.74, 6) is -3.09. The Morgan fingerprint density at radius 1 is 1.15 bits per heavy atom. The minimum absolute atomic E-state index is 0.0242. The van der Waals surface area contributed by atoms with Gasteiger partial charge in [0.25, 0.3) is 5.91 Å². The molecule has 2 aromatic heterocycles. The van der Waals surface area contributed by atoms with Gasteiger partial charge in [0.15, 0.2) is 5.82 Å². The van der Waals surface area contributed by atoms with E-state index in [1.165, 1.54) is 18.3 Å². The number of allylic oxidation sites excluding steroid dienone is 1. The molecule has 1 saturated carbocycles. The Kier molecular flexibility index (Phi) is 7.35. The lowest BCUT2D eigenvalue weighted by Crippen LogP contribution is -2.13. The summed E-state index contributed by atoms with van der Waals surface area (Å²) in [6, 6.07) is 8.08. The molecular weight excluding hydrogens is 559 g/mol. The predicted molar refractivity (Wildman–Crippen MR) is 153 cm³/mol. The van der Waals surface area contributed by atoms with Gasteiger partial charge in [0.1, 0.15) is 17.3 Å². The average molecular weight is 580 g/mol. The number of aliphatic imine (C=N–C) groups is 2. The smallest absolute Gasteiger partial charge is 0.266 e. The quantitative estimate of drug-likeness (QED) is 0.115. The van der Waals surface area contributed by atoms with E-state index in [1.54, 1.807) is 25.3 Å². The molecular formula is C29H21Cl2F2N5O2. The third-order valence-corrected chi connectivity index (χ3v) is 7.21. The average Bonchev–Trinajstić information content (AvgIpc) is 3.70. The number of halogens is 4. The van der Waals surface area contributed by atoms with Crippen molar-refractivity contribution in [1.82, 2.24) is 9.55 Å². The number of nitrogen functional groups attached to an aromatic ring is 1. The summed E-state index contributed by atoms with van der Waals surface area (Å²) < 4.78 is 30.7. The van der Waals surface area contributed by atoms with Crippen molar-refractivity contribution in [2.45, 2.75) is 19.8 Å². The third-order valence-electron chi connectivity index (χ3n) is 6.58. The summed E-state index contributed by atoms with van der Waals surface area (Å²) in [6.45, 7) is 5.35. The number of rotatable bonds is 6. The van der Waals surface area contributed by atoms with Gasteiger partial charge in [0.2, 0.25) is 5.78 Å². The van der Waals surface area contributed by atoms with Crippen molar-refractivity contribution in [2.75, 3.05) is 5.73 Å². The van der Waals surface area contributed by atoms with Crippen LogP contribution in [0.3, 0.4) is 0 Å². The van der Waals surface area contributed by atoms with Gasteiger partial charge in [-0.25, -0.2) is 23.7 Å². The van der Waals surface area contributed by atoms with Crippen molar-refractivity contribution in [2.24, 2.45) is 15.9 Å². The number of amidine groups is 1. The van der Waals surface area contributed by atoms with Gasteiger partial charge < -0.3 is 5.73 Å². The van der Waals surface area contributed by atoms with Crippen molar-refractivity contribution in [3.63, 3.8) is 0 Å². The second-order valence-corrected chi connectivity index (χ2v) is 10.1. The third kappa shape index (κ3) is 4.94. The van der Waals surface area contributed by atoms with Crippen LogP contribution >= 0.6 is 23.2 Å². The lowest BCUT2D eigenvalue weighted by molar-refractivity contribution is 0.0964. The molecule has 0 bridgehead atoms. The molecule has 0 spiro atoms. The number of anilines is 1. The number of hydrogen-bond donors (Lipinski definition) is 1.